The van der Waals surface area contributed by atoms with Gasteiger partial charge in [-0.2, -0.15) is 11.8 Å². The van der Waals surface area contributed by atoms with Gasteiger partial charge >= 0.3 is 0 Å². The summed E-state index contributed by atoms with van der Waals surface area (Å²) in [6, 6.07) is 0.771. The molecule has 14 heavy (non-hydrogen) atoms. The Kier molecular flexibility index (Phi) is 3.71. The smallest absolute Gasteiger partial charge is 0.0824 e. The van der Waals surface area contributed by atoms with Crippen LogP contribution in [0, 0.1) is 0 Å². The summed E-state index contributed by atoms with van der Waals surface area (Å²) in [5.41, 5.74) is 5.63. The second kappa shape index (κ2) is 4.84. The molecule has 3 nitrogen and oxygen atoms in total. The molecule has 0 spiro atoms. The van der Waals surface area contributed by atoms with Crippen LogP contribution in [0.15, 0.2) is 0 Å². The predicted molar refractivity (Wildman–Crippen MR) is 60.7 cm³/mol. The normalized spacial score (nSPS) is 40.3. The number of thioether (sulfide) groups is 1. The molecular formula is C10H20N2OS. The lowest BCUT2D eigenvalue weighted by Crippen LogP contribution is -2.50. The van der Waals surface area contributed by atoms with Crippen LogP contribution >= 0.6 is 11.8 Å². The van der Waals surface area contributed by atoms with Crippen molar-refractivity contribution in [2.45, 2.75) is 30.7 Å². The summed E-state index contributed by atoms with van der Waals surface area (Å²) in [4.78, 5) is 2.57. The SMILES string of the molecule is CC1CC(N2CCOC(CN)C2)CS1. The predicted octanol–water partition coefficient (Wildman–Crippen LogP) is 0.540. The average Bonchev–Trinajstić information content (AvgIpc) is 2.65. The third kappa shape index (κ3) is 2.42. The van der Waals surface area contributed by atoms with E-state index in [0.29, 0.717) is 6.54 Å². The molecule has 2 aliphatic heterocycles. The van der Waals surface area contributed by atoms with Gasteiger partial charge in [-0.3, -0.25) is 4.90 Å². The monoisotopic (exact) mass is 216 g/mol. The van der Waals surface area contributed by atoms with Gasteiger partial charge in [-0.25, -0.2) is 0 Å². The zero-order valence-corrected chi connectivity index (χ0v) is 9.63. The van der Waals surface area contributed by atoms with Crippen molar-refractivity contribution in [3.05, 3.63) is 0 Å². The average molecular weight is 216 g/mol. The summed E-state index contributed by atoms with van der Waals surface area (Å²) in [5, 5.41) is 0.833. The van der Waals surface area contributed by atoms with Gasteiger partial charge in [0.25, 0.3) is 0 Å². The van der Waals surface area contributed by atoms with Crippen molar-refractivity contribution in [1.29, 1.82) is 0 Å². The Morgan fingerprint density at radius 2 is 2.43 bits per heavy atom. The Labute approximate surface area is 90.3 Å². The fraction of sp³-hybridized carbons (Fsp3) is 1.00. The van der Waals surface area contributed by atoms with E-state index < -0.39 is 0 Å². The molecule has 2 saturated heterocycles. The second-order valence-corrected chi connectivity index (χ2v) is 5.73. The third-order valence-corrected chi connectivity index (χ3v) is 4.47. The first-order chi connectivity index (χ1) is 6.79. The number of hydrogen-bond acceptors (Lipinski definition) is 4. The minimum atomic E-state index is 0.268. The largest absolute Gasteiger partial charge is 0.374 e. The van der Waals surface area contributed by atoms with Gasteiger partial charge in [0.1, 0.15) is 0 Å². The number of nitrogens with two attached hydrogens (primary N) is 1. The minimum absolute atomic E-state index is 0.268. The van der Waals surface area contributed by atoms with E-state index in [0.717, 1.165) is 31.0 Å². The number of morpholine rings is 1. The van der Waals surface area contributed by atoms with Crippen LogP contribution in [0.3, 0.4) is 0 Å². The van der Waals surface area contributed by atoms with Crippen molar-refractivity contribution in [3.63, 3.8) is 0 Å². The first kappa shape index (κ1) is 10.7. The number of rotatable bonds is 2. The van der Waals surface area contributed by atoms with Crippen molar-refractivity contribution >= 4 is 11.8 Å². The standard InChI is InChI=1S/C10H20N2OS/c1-8-4-9(7-14-8)12-2-3-13-10(5-11)6-12/h8-10H,2-7,11H2,1H3. The lowest BCUT2D eigenvalue weighted by atomic mass is 10.1. The quantitative estimate of drug-likeness (QED) is 0.731. The van der Waals surface area contributed by atoms with Crippen molar-refractivity contribution < 1.29 is 4.74 Å². The number of hydrogen-bond donors (Lipinski definition) is 1. The maximum atomic E-state index is 5.63. The molecule has 0 saturated carbocycles. The zero-order chi connectivity index (χ0) is 9.97. The van der Waals surface area contributed by atoms with Crippen molar-refractivity contribution in [3.8, 4) is 0 Å². The molecule has 0 aromatic heterocycles. The van der Waals surface area contributed by atoms with Gasteiger partial charge < -0.3 is 10.5 Å². The Bertz CT molecular complexity index is 191. The molecule has 0 radical (unpaired) electrons. The Morgan fingerprint density at radius 1 is 1.57 bits per heavy atom. The second-order valence-electron chi connectivity index (χ2n) is 4.26. The molecule has 2 fully saturated rings. The van der Waals surface area contributed by atoms with E-state index in [1.54, 1.807) is 0 Å². The van der Waals surface area contributed by atoms with E-state index in [1.807, 2.05) is 0 Å². The molecule has 3 atom stereocenters. The topological polar surface area (TPSA) is 38.5 Å². The van der Waals surface area contributed by atoms with Gasteiger partial charge in [-0.05, 0) is 6.42 Å². The van der Waals surface area contributed by atoms with Gasteiger partial charge in [0.05, 0.1) is 12.7 Å². The third-order valence-electron chi connectivity index (χ3n) is 3.13. The van der Waals surface area contributed by atoms with E-state index in [4.69, 9.17) is 10.5 Å². The van der Waals surface area contributed by atoms with Crippen LogP contribution in [0.2, 0.25) is 0 Å². The molecule has 2 N–H and O–H groups in total. The molecule has 0 amide bonds. The molecule has 2 heterocycles. The first-order valence-electron chi connectivity index (χ1n) is 5.47. The molecule has 82 valence electrons. The number of ether oxygens (including phenoxy) is 1. The van der Waals surface area contributed by atoms with Crippen LogP contribution in [-0.4, -0.2) is 54.3 Å². The summed E-state index contributed by atoms with van der Waals surface area (Å²) in [7, 11) is 0. The van der Waals surface area contributed by atoms with Crippen molar-refractivity contribution in [2.75, 3.05) is 32.0 Å². The van der Waals surface area contributed by atoms with Gasteiger partial charge in [-0.15, -0.1) is 0 Å². The van der Waals surface area contributed by atoms with Gasteiger partial charge in [0, 0.05) is 36.7 Å². The molecule has 0 aromatic carbocycles. The summed E-state index contributed by atoms with van der Waals surface area (Å²) >= 11 is 2.09. The van der Waals surface area contributed by atoms with Crippen LogP contribution < -0.4 is 5.73 Å². The summed E-state index contributed by atoms with van der Waals surface area (Å²) in [6.07, 6.45) is 1.60. The lowest BCUT2D eigenvalue weighted by molar-refractivity contribution is -0.0352. The highest BCUT2D eigenvalue weighted by molar-refractivity contribution is 8.00. The van der Waals surface area contributed by atoms with Gasteiger partial charge in [0.2, 0.25) is 0 Å². The first-order valence-corrected chi connectivity index (χ1v) is 6.52. The maximum absolute atomic E-state index is 5.63. The van der Waals surface area contributed by atoms with Crippen LogP contribution in [0.25, 0.3) is 0 Å². The molecule has 0 aromatic rings. The molecule has 4 heteroatoms. The summed E-state index contributed by atoms with van der Waals surface area (Å²) in [6.45, 7) is 5.97. The highest BCUT2D eigenvalue weighted by atomic mass is 32.2. The Hall–Kier alpha value is 0.230. The molecule has 0 bridgehead atoms. The highest BCUT2D eigenvalue weighted by Crippen LogP contribution is 2.30. The van der Waals surface area contributed by atoms with Crippen LogP contribution in [0.1, 0.15) is 13.3 Å². The molecule has 0 aliphatic carbocycles. The lowest BCUT2D eigenvalue weighted by Gasteiger charge is -2.36. The van der Waals surface area contributed by atoms with Crippen LogP contribution in [0.5, 0.6) is 0 Å². The Balaban J connectivity index is 1.84. The summed E-state index contributed by atoms with van der Waals surface area (Å²) in [5.74, 6) is 1.29. The molecule has 2 aliphatic rings. The number of nitrogens with zero attached hydrogens (tertiary/aromatic N) is 1. The summed E-state index contributed by atoms with van der Waals surface area (Å²) < 4.78 is 5.57. The van der Waals surface area contributed by atoms with E-state index >= 15 is 0 Å². The van der Waals surface area contributed by atoms with E-state index in [1.165, 1.54) is 12.2 Å². The van der Waals surface area contributed by atoms with E-state index in [9.17, 15) is 0 Å². The van der Waals surface area contributed by atoms with E-state index in [2.05, 4.69) is 23.6 Å². The van der Waals surface area contributed by atoms with Crippen LogP contribution in [-0.2, 0) is 4.74 Å². The Morgan fingerprint density at radius 3 is 3.07 bits per heavy atom. The fourth-order valence-corrected chi connectivity index (χ4v) is 3.52. The van der Waals surface area contributed by atoms with Crippen molar-refractivity contribution in [2.24, 2.45) is 5.73 Å². The molecule has 2 rings (SSSR count). The zero-order valence-electron chi connectivity index (χ0n) is 8.82. The fourth-order valence-electron chi connectivity index (χ4n) is 2.27. The van der Waals surface area contributed by atoms with Crippen molar-refractivity contribution in [1.82, 2.24) is 4.90 Å². The van der Waals surface area contributed by atoms with Gasteiger partial charge in [0.15, 0.2) is 0 Å². The minimum Gasteiger partial charge on any atom is -0.374 e. The molecule has 3 unspecified atom stereocenters. The van der Waals surface area contributed by atoms with E-state index in [-0.39, 0.29) is 6.10 Å². The maximum Gasteiger partial charge on any atom is 0.0824 e. The van der Waals surface area contributed by atoms with Crippen LogP contribution in [0.4, 0.5) is 0 Å². The molecular weight excluding hydrogens is 196 g/mol. The highest BCUT2D eigenvalue weighted by Gasteiger charge is 2.30. The van der Waals surface area contributed by atoms with Gasteiger partial charge in [-0.1, -0.05) is 6.92 Å².